The first kappa shape index (κ1) is 23.4. The lowest BCUT2D eigenvalue weighted by Crippen LogP contribution is -2.52. The van der Waals surface area contributed by atoms with Crippen LogP contribution in [0.3, 0.4) is 0 Å². The van der Waals surface area contributed by atoms with Crippen molar-refractivity contribution in [3.63, 3.8) is 0 Å². The normalized spacial score (nSPS) is 23.5. The highest BCUT2D eigenvalue weighted by Crippen LogP contribution is 2.50. The summed E-state index contributed by atoms with van der Waals surface area (Å²) in [5, 5.41) is 14.3. The second-order valence-corrected chi connectivity index (χ2v) is 9.87. The molecule has 0 aromatic heterocycles. The summed E-state index contributed by atoms with van der Waals surface area (Å²) in [5.74, 6) is 2.26. The lowest BCUT2D eigenvalue weighted by Gasteiger charge is -2.32. The van der Waals surface area contributed by atoms with Crippen LogP contribution in [0.25, 0.3) is 0 Å². The van der Waals surface area contributed by atoms with E-state index in [0.29, 0.717) is 23.5 Å². The third-order valence-corrected chi connectivity index (χ3v) is 7.50. The Morgan fingerprint density at radius 1 is 1.22 bits per heavy atom. The van der Waals surface area contributed by atoms with Gasteiger partial charge in [0.05, 0.1) is 0 Å². The van der Waals surface area contributed by atoms with Crippen LogP contribution < -0.4 is 0 Å². The van der Waals surface area contributed by atoms with Crippen molar-refractivity contribution in [3.05, 3.63) is 68.7 Å². The van der Waals surface area contributed by atoms with Gasteiger partial charge in [0.2, 0.25) is 0 Å². The predicted octanol–water partition coefficient (Wildman–Crippen LogP) is 5.79. The first-order chi connectivity index (χ1) is 15.0. The molecule has 10 heteroatoms. The number of carbonyl (C=O) groups is 1. The largest absolute Gasteiger partial charge is 0.438 e. The Hall–Kier alpha value is -1.74. The van der Waals surface area contributed by atoms with E-state index in [1.165, 1.54) is 18.2 Å². The van der Waals surface area contributed by atoms with Crippen LogP contribution in [-0.2, 0) is 10.4 Å². The fourth-order valence-electron chi connectivity index (χ4n) is 3.88. The number of Topliss-reactive ketones (excluding diaryl/α,β-unsaturated/α-hetero) is 1. The van der Waals surface area contributed by atoms with Gasteiger partial charge >= 0.3 is 6.18 Å². The zero-order valence-electron chi connectivity index (χ0n) is 16.7. The molecule has 2 heterocycles. The number of aliphatic hydroxyl groups is 1. The van der Waals surface area contributed by atoms with Crippen LogP contribution >= 0.6 is 35.0 Å². The smallest absolute Gasteiger partial charge is 0.382 e. The summed E-state index contributed by atoms with van der Waals surface area (Å²) in [7, 11) is 0. The number of halogens is 5. The standard InChI is InChI=1S/C22H18Cl2F3NO3S/c1-11-4-13(2-3-17(11)18(29)5-12-9-32-10-12)19-20(30)21(31-28-19,22(25,26)27)14-6-15(23)8-16(24)7-14/h2-4,6-8,12,20,30H,5,9-10H2,1H3. The van der Waals surface area contributed by atoms with E-state index >= 15 is 0 Å². The second kappa shape index (κ2) is 8.56. The number of aliphatic hydroxyl groups excluding tert-OH is 1. The Morgan fingerprint density at radius 3 is 2.41 bits per heavy atom. The van der Waals surface area contributed by atoms with Gasteiger partial charge in [-0.25, -0.2) is 0 Å². The number of aryl methyl sites for hydroxylation is 1. The minimum atomic E-state index is -5.03. The van der Waals surface area contributed by atoms with Crippen molar-refractivity contribution >= 4 is 46.5 Å². The Balaban J connectivity index is 1.67. The van der Waals surface area contributed by atoms with Crippen LogP contribution in [-0.4, -0.2) is 40.4 Å². The fourth-order valence-corrected chi connectivity index (χ4v) is 5.21. The van der Waals surface area contributed by atoms with Crippen molar-refractivity contribution in [1.82, 2.24) is 0 Å². The molecule has 170 valence electrons. The van der Waals surface area contributed by atoms with Gasteiger partial charge < -0.3 is 9.94 Å². The third-order valence-electron chi connectivity index (χ3n) is 5.65. The molecule has 2 atom stereocenters. The molecule has 2 aliphatic heterocycles. The molecule has 4 nitrogen and oxygen atoms in total. The fraction of sp³-hybridized carbons (Fsp3) is 0.364. The summed E-state index contributed by atoms with van der Waals surface area (Å²) in [6, 6.07) is 7.91. The SMILES string of the molecule is Cc1cc(C2=NOC(c3cc(Cl)cc(Cl)c3)(C(F)(F)F)C2O)ccc1C(=O)CC1CSC1. The van der Waals surface area contributed by atoms with Crippen LogP contribution in [0.5, 0.6) is 0 Å². The maximum absolute atomic E-state index is 14.2. The number of hydrogen-bond donors (Lipinski definition) is 1. The molecular formula is C22H18Cl2F3NO3S. The minimum Gasteiger partial charge on any atom is -0.382 e. The summed E-state index contributed by atoms with van der Waals surface area (Å²) >= 11 is 13.6. The molecule has 2 unspecified atom stereocenters. The van der Waals surface area contributed by atoms with Gasteiger partial charge in [-0.15, -0.1) is 0 Å². The van der Waals surface area contributed by atoms with Crippen molar-refractivity contribution in [1.29, 1.82) is 0 Å². The topological polar surface area (TPSA) is 58.9 Å². The Kier molecular flexibility index (Phi) is 6.26. The molecule has 2 aliphatic rings. The Bertz CT molecular complexity index is 1080. The van der Waals surface area contributed by atoms with Gasteiger partial charge in [-0.05, 0) is 54.2 Å². The zero-order valence-corrected chi connectivity index (χ0v) is 19.1. The number of alkyl halides is 3. The molecule has 0 spiro atoms. The van der Waals surface area contributed by atoms with Gasteiger partial charge in [0.15, 0.2) is 11.9 Å². The third kappa shape index (κ3) is 4.02. The number of hydrogen-bond acceptors (Lipinski definition) is 5. The summed E-state index contributed by atoms with van der Waals surface area (Å²) in [6.07, 6.45) is -6.77. The average Bonchev–Trinajstić information content (AvgIpc) is 3.01. The van der Waals surface area contributed by atoms with Crippen LogP contribution in [0.2, 0.25) is 10.0 Å². The summed E-state index contributed by atoms with van der Waals surface area (Å²) in [4.78, 5) is 17.5. The second-order valence-electron chi connectivity index (χ2n) is 7.92. The van der Waals surface area contributed by atoms with Gasteiger partial charge in [0.1, 0.15) is 5.71 Å². The van der Waals surface area contributed by atoms with Crippen molar-refractivity contribution in [3.8, 4) is 0 Å². The summed E-state index contributed by atoms with van der Waals surface area (Å²) in [5.41, 5.74) is -2.61. The number of oxime groups is 1. The molecule has 0 saturated carbocycles. The van der Waals surface area contributed by atoms with Crippen molar-refractivity contribution in [2.45, 2.75) is 31.2 Å². The van der Waals surface area contributed by atoms with E-state index in [9.17, 15) is 23.1 Å². The molecule has 32 heavy (non-hydrogen) atoms. The molecule has 2 aromatic carbocycles. The Labute approximate surface area is 196 Å². The monoisotopic (exact) mass is 503 g/mol. The van der Waals surface area contributed by atoms with Crippen LogP contribution in [0.1, 0.15) is 33.5 Å². The molecule has 1 fully saturated rings. The van der Waals surface area contributed by atoms with Gasteiger partial charge in [0, 0.05) is 33.2 Å². The number of thioether (sulfide) groups is 1. The number of benzene rings is 2. The zero-order chi connectivity index (χ0) is 23.3. The van der Waals surface area contributed by atoms with E-state index in [4.69, 9.17) is 28.0 Å². The predicted molar refractivity (Wildman–Crippen MR) is 119 cm³/mol. The van der Waals surface area contributed by atoms with E-state index in [1.807, 2.05) is 0 Å². The van der Waals surface area contributed by atoms with Crippen molar-refractivity contribution in [2.75, 3.05) is 11.5 Å². The average molecular weight is 504 g/mol. The number of rotatable bonds is 5. The van der Waals surface area contributed by atoms with Gasteiger partial charge in [0.25, 0.3) is 5.60 Å². The lowest BCUT2D eigenvalue weighted by atomic mass is 9.83. The minimum absolute atomic E-state index is 0.0114. The number of ketones is 1. The summed E-state index contributed by atoms with van der Waals surface area (Å²) < 4.78 is 42.7. The van der Waals surface area contributed by atoms with Gasteiger partial charge in [-0.2, -0.15) is 24.9 Å². The van der Waals surface area contributed by atoms with Gasteiger partial charge in [-0.3, -0.25) is 4.79 Å². The van der Waals surface area contributed by atoms with E-state index < -0.39 is 23.4 Å². The van der Waals surface area contributed by atoms with Crippen LogP contribution in [0.4, 0.5) is 13.2 Å². The van der Waals surface area contributed by atoms with E-state index in [2.05, 4.69) is 5.16 Å². The van der Waals surface area contributed by atoms with E-state index in [0.717, 1.165) is 23.6 Å². The van der Waals surface area contributed by atoms with E-state index in [1.54, 1.807) is 24.8 Å². The van der Waals surface area contributed by atoms with Crippen LogP contribution in [0, 0.1) is 12.8 Å². The van der Waals surface area contributed by atoms with Gasteiger partial charge in [-0.1, -0.05) is 40.5 Å². The van der Waals surface area contributed by atoms with Crippen molar-refractivity contribution in [2.24, 2.45) is 11.1 Å². The van der Waals surface area contributed by atoms with Crippen LogP contribution in [0.15, 0.2) is 41.6 Å². The highest BCUT2D eigenvalue weighted by Gasteiger charge is 2.68. The first-order valence-corrected chi connectivity index (χ1v) is 11.6. The Morgan fingerprint density at radius 2 is 1.88 bits per heavy atom. The lowest BCUT2D eigenvalue weighted by molar-refractivity contribution is -0.296. The summed E-state index contributed by atoms with van der Waals surface area (Å²) in [6.45, 7) is 1.70. The number of nitrogens with zero attached hydrogens (tertiary/aromatic N) is 1. The molecule has 0 amide bonds. The number of carbonyl (C=O) groups excluding carboxylic acids is 1. The molecule has 1 saturated heterocycles. The quantitative estimate of drug-likeness (QED) is 0.524. The molecule has 4 rings (SSSR count). The first-order valence-electron chi connectivity index (χ1n) is 9.72. The molecular weight excluding hydrogens is 486 g/mol. The van der Waals surface area contributed by atoms with Crippen molar-refractivity contribution < 1.29 is 27.9 Å². The molecule has 0 aliphatic carbocycles. The molecule has 1 N–H and O–H groups in total. The highest BCUT2D eigenvalue weighted by atomic mass is 35.5. The molecule has 2 aromatic rings. The maximum Gasteiger partial charge on any atom is 0.438 e. The highest BCUT2D eigenvalue weighted by molar-refractivity contribution is 8.00. The molecule has 0 bridgehead atoms. The molecule has 0 radical (unpaired) electrons. The van der Waals surface area contributed by atoms with E-state index in [-0.39, 0.29) is 27.1 Å². The maximum atomic E-state index is 14.2.